The molecule has 3 aromatic rings. The predicted octanol–water partition coefficient (Wildman–Crippen LogP) is 5.41. The maximum Gasteiger partial charge on any atom is 0.271 e. The number of hydrazone groups is 1. The first-order valence-electron chi connectivity index (χ1n) is 11.6. The minimum absolute atomic E-state index is 0.0725. The number of benzene rings is 3. The molecule has 0 bridgehead atoms. The van der Waals surface area contributed by atoms with Crippen molar-refractivity contribution in [1.29, 1.82) is 10.5 Å². The van der Waals surface area contributed by atoms with Crippen molar-refractivity contribution in [2.45, 2.75) is 19.8 Å². The molecule has 1 N–H and O–H groups in total. The molecular weight excluding hydrogens is 484 g/mol. The minimum atomic E-state index is -0.506. The number of non-ortho nitro benzene ring substituents is 1. The van der Waals surface area contributed by atoms with Crippen LogP contribution in [0, 0.1) is 39.7 Å². The summed E-state index contributed by atoms with van der Waals surface area (Å²) in [5.74, 6) is -0.306. The number of amidine groups is 1. The molecule has 0 aliphatic carbocycles. The van der Waals surface area contributed by atoms with Crippen molar-refractivity contribution in [2.24, 2.45) is 15.3 Å². The van der Waals surface area contributed by atoms with E-state index in [4.69, 9.17) is 10.5 Å². The van der Waals surface area contributed by atoms with Crippen LogP contribution in [-0.4, -0.2) is 29.8 Å². The summed E-state index contributed by atoms with van der Waals surface area (Å²) in [6, 6.07) is 23.9. The Morgan fingerprint density at radius 3 is 2.24 bits per heavy atom. The smallest absolute Gasteiger partial charge is 0.271 e. The molecule has 190 valence electrons. The second-order valence-corrected chi connectivity index (χ2v) is 8.02. The number of aryl methyl sites for hydroxylation is 1. The van der Waals surface area contributed by atoms with Crippen molar-refractivity contribution in [3.8, 4) is 12.1 Å². The average Bonchev–Trinajstić information content (AvgIpc) is 2.94. The summed E-state index contributed by atoms with van der Waals surface area (Å²) >= 11 is 0. The highest BCUT2D eigenvalue weighted by Crippen LogP contribution is 2.23. The van der Waals surface area contributed by atoms with Crippen LogP contribution in [0.2, 0.25) is 0 Å². The Morgan fingerprint density at radius 1 is 1.00 bits per heavy atom. The SMILES string of the molecule is Cc1cc(N(CCC#N)CCC#N)ccc1C(N=Nc1ccc([N+](=O)[O-])cc1)=NNC(=O)c1ccccc1. The van der Waals surface area contributed by atoms with Gasteiger partial charge < -0.3 is 4.90 Å². The lowest BCUT2D eigenvalue weighted by Crippen LogP contribution is -2.25. The van der Waals surface area contributed by atoms with E-state index in [-0.39, 0.29) is 11.5 Å². The normalized spacial score (nSPS) is 11.0. The Morgan fingerprint density at radius 2 is 1.66 bits per heavy atom. The molecule has 3 aromatic carbocycles. The van der Waals surface area contributed by atoms with Gasteiger partial charge in [0.1, 0.15) is 0 Å². The van der Waals surface area contributed by atoms with Gasteiger partial charge in [0.05, 0.1) is 35.6 Å². The zero-order valence-corrected chi connectivity index (χ0v) is 20.6. The van der Waals surface area contributed by atoms with Gasteiger partial charge in [0, 0.05) is 42.0 Å². The minimum Gasteiger partial charge on any atom is -0.369 e. The van der Waals surface area contributed by atoms with Crippen molar-refractivity contribution in [3.63, 3.8) is 0 Å². The van der Waals surface area contributed by atoms with Gasteiger partial charge >= 0.3 is 0 Å². The molecule has 0 atom stereocenters. The monoisotopic (exact) mass is 508 g/mol. The van der Waals surface area contributed by atoms with Crippen LogP contribution < -0.4 is 10.3 Å². The first-order chi connectivity index (χ1) is 18.4. The number of carbonyl (C=O) groups is 1. The highest BCUT2D eigenvalue weighted by Gasteiger charge is 2.13. The molecule has 0 unspecified atom stereocenters. The van der Waals surface area contributed by atoms with Crippen molar-refractivity contribution < 1.29 is 9.72 Å². The summed E-state index contributed by atoms with van der Waals surface area (Å²) in [6.07, 6.45) is 0.627. The lowest BCUT2D eigenvalue weighted by Gasteiger charge is -2.23. The molecule has 0 saturated heterocycles. The van der Waals surface area contributed by atoms with Crippen molar-refractivity contribution in [1.82, 2.24) is 5.43 Å². The molecule has 11 heteroatoms. The third kappa shape index (κ3) is 7.54. The van der Waals surface area contributed by atoms with Crippen LogP contribution in [0.15, 0.2) is 88.1 Å². The van der Waals surface area contributed by atoms with E-state index < -0.39 is 10.8 Å². The van der Waals surface area contributed by atoms with Gasteiger partial charge in [-0.2, -0.15) is 10.5 Å². The number of hydrogen-bond donors (Lipinski definition) is 1. The number of amides is 1. The Labute approximate surface area is 219 Å². The Hall–Kier alpha value is -5.42. The molecule has 0 radical (unpaired) electrons. The number of nitrogens with one attached hydrogen (secondary N) is 1. The predicted molar refractivity (Wildman–Crippen MR) is 142 cm³/mol. The van der Waals surface area contributed by atoms with E-state index in [2.05, 4.69) is 32.9 Å². The first-order valence-corrected chi connectivity index (χ1v) is 11.6. The third-order valence-electron chi connectivity index (χ3n) is 5.42. The number of nitriles is 2. The average molecular weight is 509 g/mol. The fraction of sp³-hybridized carbons (Fsp3) is 0.185. The van der Waals surface area contributed by atoms with E-state index in [9.17, 15) is 14.9 Å². The number of nitro groups is 1. The topological polar surface area (TPSA) is 160 Å². The van der Waals surface area contributed by atoms with Crippen molar-refractivity contribution in [2.75, 3.05) is 18.0 Å². The summed E-state index contributed by atoms with van der Waals surface area (Å²) in [6.45, 7) is 2.80. The number of hydrogen-bond acceptors (Lipinski definition) is 8. The summed E-state index contributed by atoms with van der Waals surface area (Å²) in [5.41, 5.74) is 5.41. The quantitative estimate of drug-likeness (QED) is 0.127. The summed E-state index contributed by atoms with van der Waals surface area (Å²) in [4.78, 5) is 24.9. The molecule has 0 fully saturated rings. The molecule has 11 nitrogen and oxygen atoms in total. The Bertz CT molecular complexity index is 1400. The number of carbonyl (C=O) groups excluding carboxylic acids is 1. The van der Waals surface area contributed by atoms with Crippen molar-refractivity contribution >= 4 is 28.8 Å². The summed E-state index contributed by atoms with van der Waals surface area (Å²) < 4.78 is 0. The molecule has 38 heavy (non-hydrogen) atoms. The number of azo groups is 1. The van der Waals surface area contributed by atoms with E-state index in [0.717, 1.165) is 11.3 Å². The summed E-state index contributed by atoms with van der Waals surface area (Å²) in [5, 5.41) is 41.5. The Kier molecular flexibility index (Phi) is 9.73. The largest absolute Gasteiger partial charge is 0.369 e. The van der Waals surface area contributed by atoms with Crippen LogP contribution in [0.3, 0.4) is 0 Å². The maximum absolute atomic E-state index is 12.6. The van der Waals surface area contributed by atoms with Crippen molar-refractivity contribution in [3.05, 3.63) is 99.6 Å². The highest BCUT2D eigenvalue weighted by atomic mass is 16.6. The Balaban J connectivity index is 1.94. The van der Waals surface area contributed by atoms with Gasteiger partial charge in [0.15, 0.2) is 0 Å². The molecule has 0 aromatic heterocycles. The number of nitrogens with zero attached hydrogens (tertiary/aromatic N) is 7. The lowest BCUT2D eigenvalue weighted by atomic mass is 10.1. The van der Waals surface area contributed by atoms with E-state index in [0.29, 0.717) is 42.7 Å². The maximum atomic E-state index is 12.6. The molecule has 0 saturated carbocycles. The van der Waals surface area contributed by atoms with Gasteiger partial charge in [-0.1, -0.05) is 18.2 Å². The van der Waals surface area contributed by atoms with E-state index in [1.165, 1.54) is 24.3 Å². The van der Waals surface area contributed by atoms with Gasteiger partial charge in [0.2, 0.25) is 5.84 Å². The van der Waals surface area contributed by atoms with Gasteiger partial charge in [-0.15, -0.1) is 15.3 Å². The number of nitro benzene ring substituents is 1. The molecular formula is C27H24N8O3. The zero-order valence-electron chi connectivity index (χ0n) is 20.6. The molecule has 1 amide bonds. The highest BCUT2D eigenvalue weighted by molar-refractivity contribution is 6.02. The second-order valence-electron chi connectivity index (χ2n) is 8.02. The zero-order chi connectivity index (χ0) is 27.3. The van der Waals surface area contributed by atoms with E-state index >= 15 is 0 Å². The van der Waals surface area contributed by atoms with Crippen LogP contribution >= 0.6 is 0 Å². The molecule has 3 rings (SSSR count). The third-order valence-corrected chi connectivity index (χ3v) is 5.42. The van der Waals surface area contributed by atoms with E-state index in [1.54, 1.807) is 36.4 Å². The van der Waals surface area contributed by atoms with Gasteiger partial charge in [0.25, 0.3) is 11.6 Å². The second kappa shape index (κ2) is 13.6. The van der Waals surface area contributed by atoms with Gasteiger partial charge in [-0.3, -0.25) is 14.9 Å². The van der Waals surface area contributed by atoms with Crippen LogP contribution in [0.25, 0.3) is 0 Å². The van der Waals surface area contributed by atoms with Gasteiger partial charge in [-0.05, 0) is 55.0 Å². The molecule has 0 aliphatic rings. The molecule has 0 heterocycles. The molecule has 0 spiro atoms. The first kappa shape index (κ1) is 27.2. The van der Waals surface area contributed by atoms with Crippen LogP contribution in [0.5, 0.6) is 0 Å². The van der Waals surface area contributed by atoms with Gasteiger partial charge in [-0.25, -0.2) is 5.43 Å². The fourth-order valence-corrected chi connectivity index (χ4v) is 3.48. The molecule has 0 aliphatic heterocycles. The summed E-state index contributed by atoms with van der Waals surface area (Å²) in [7, 11) is 0. The lowest BCUT2D eigenvalue weighted by molar-refractivity contribution is -0.384. The van der Waals surface area contributed by atoms with Crippen LogP contribution in [-0.2, 0) is 0 Å². The van der Waals surface area contributed by atoms with Crippen LogP contribution in [0.4, 0.5) is 17.1 Å². The number of rotatable bonds is 10. The number of anilines is 1. The fourth-order valence-electron chi connectivity index (χ4n) is 3.48. The standard InChI is InChI=1S/C27H24N8O3/c1-20-19-24(34(17-5-15-28)18-6-16-29)13-14-25(20)26(32-33-27(36)21-7-3-2-4-8-21)31-30-22-9-11-23(12-10-22)35(37)38/h2-4,7-14,19H,5-6,17-18H2,1H3,(H,33,36). The van der Waals surface area contributed by atoms with E-state index in [1.807, 2.05) is 24.0 Å². The van der Waals surface area contributed by atoms with Crippen LogP contribution in [0.1, 0.15) is 34.3 Å².